The Morgan fingerprint density at radius 3 is 2.55 bits per heavy atom. The minimum Gasteiger partial charge on any atom is -0.324 e. The first-order chi connectivity index (χ1) is 10.4. The minimum atomic E-state index is -3.85. The third-order valence-electron chi connectivity index (χ3n) is 2.83. The topological polar surface area (TPSA) is 79.4 Å². The molecule has 1 aromatic carbocycles. The predicted octanol–water partition coefficient (Wildman–Crippen LogP) is 1.48. The molecule has 0 atom stereocenters. The van der Waals surface area contributed by atoms with Crippen molar-refractivity contribution in [3.05, 3.63) is 54.6 Å². The summed E-state index contributed by atoms with van der Waals surface area (Å²) in [5.74, 6) is -1.03. The largest absolute Gasteiger partial charge is 0.324 e. The van der Waals surface area contributed by atoms with Gasteiger partial charge in [0, 0.05) is 13.2 Å². The summed E-state index contributed by atoms with van der Waals surface area (Å²) in [5.41, 5.74) is 0.472. The van der Waals surface area contributed by atoms with Crippen LogP contribution in [-0.4, -0.2) is 37.2 Å². The summed E-state index contributed by atoms with van der Waals surface area (Å²) >= 11 is 0. The Kier molecular flexibility index (Phi) is 4.84. The molecule has 0 radical (unpaired) electrons. The summed E-state index contributed by atoms with van der Waals surface area (Å²) in [6, 6.07) is 7.70. The van der Waals surface area contributed by atoms with E-state index in [0.717, 1.165) is 28.6 Å². The van der Waals surface area contributed by atoms with Crippen LogP contribution in [0.3, 0.4) is 0 Å². The summed E-state index contributed by atoms with van der Waals surface area (Å²) in [5, 5.41) is 2.54. The van der Waals surface area contributed by atoms with Crippen molar-refractivity contribution in [1.82, 2.24) is 9.29 Å². The van der Waals surface area contributed by atoms with E-state index in [0.29, 0.717) is 5.69 Å². The second-order valence-corrected chi connectivity index (χ2v) is 6.55. The summed E-state index contributed by atoms with van der Waals surface area (Å²) in [4.78, 5) is 15.6. The number of rotatable bonds is 5. The molecule has 0 spiro atoms. The molecule has 2 rings (SSSR count). The number of amides is 1. The van der Waals surface area contributed by atoms with E-state index in [2.05, 4.69) is 10.3 Å². The zero-order chi connectivity index (χ0) is 16.2. The van der Waals surface area contributed by atoms with Gasteiger partial charge in [0.05, 0.1) is 23.3 Å². The average molecular weight is 323 g/mol. The minimum absolute atomic E-state index is 0.0782. The van der Waals surface area contributed by atoms with Crippen molar-refractivity contribution in [2.45, 2.75) is 4.90 Å². The fourth-order valence-corrected chi connectivity index (χ4v) is 2.84. The van der Waals surface area contributed by atoms with Gasteiger partial charge in [0.2, 0.25) is 15.9 Å². The quantitative estimate of drug-likeness (QED) is 0.904. The Hall–Kier alpha value is -2.32. The van der Waals surface area contributed by atoms with E-state index in [1.165, 1.54) is 13.2 Å². The third-order valence-corrected chi connectivity index (χ3v) is 4.65. The number of carbonyl (C=O) groups is 1. The smallest absolute Gasteiger partial charge is 0.243 e. The highest BCUT2D eigenvalue weighted by atomic mass is 32.2. The first kappa shape index (κ1) is 16.1. The molecule has 0 aliphatic rings. The zero-order valence-electron chi connectivity index (χ0n) is 11.7. The van der Waals surface area contributed by atoms with Gasteiger partial charge in [-0.15, -0.1) is 0 Å². The standard InChI is InChI=1S/C14H14FN3O3S/c1-18(10-14(19)17-12-3-2-8-16-9-12)22(20,21)13-6-4-11(15)5-7-13/h2-9H,10H2,1H3,(H,17,19). The summed E-state index contributed by atoms with van der Waals surface area (Å²) < 4.78 is 38.2. The van der Waals surface area contributed by atoms with Crippen LogP contribution in [0.25, 0.3) is 0 Å². The second-order valence-electron chi connectivity index (χ2n) is 4.50. The Bertz CT molecular complexity index is 749. The van der Waals surface area contributed by atoms with Gasteiger partial charge in [0.25, 0.3) is 0 Å². The maximum Gasteiger partial charge on any atom is 0.243 e. The molecule has 1 amide bonds. The van der Waals surface area contributed by atoms with E-state index in [-0.39, 0.29) is 11.4 Å². The number of sulfonamides is 1. The molecule has 0 aliphatic carbocycles. The van der Waals surface area contributed by atoms with Crippen LogP contribution in [0.4, 0.5) is 10.1 Å². The number of nitrogens with zero attached hydrogens (tertiary/aromatic N) is 2. The maximum atomic E-state index is 12.8. The van der Waals surface area contributed by atoms with E-state index >= 15 is 0 Å². The average Bonchev–Trinajstić information content (AvgIpc) is 2.48. The number of halogens is 1. The van der Waals surface area contributed by atoms with Crippen LogP contribution in [0.2, 0.25) is 0 Å². The molecule has 0 fully saturated rings. The molecule has 0 bridgehead atoms. The van der Waals surface area contributed by atoms with Crippen molar-refractivity contribution >= 4 is 21.6 Å². The molecular weight excluding hydrogens is 309 g/mol. The molecule has 1 aromatic heterocycles. The van der Waals surface area contributed by atoms with Crippen molar-refractivity contribution in [2.24, 2.45) is 0 Å². The summed E-state index contributed by atoms with van der Waals surface area (Å²) in [6.45, 7) is -0.366. The van der Waals surface area contributed by atoms with Gasteiger partial charge in [0.15, 0.2) is 0 Å². The zero-order valence-corrected chi connectivity index (χ0v) is 12.5. The van der Waals surface area contributed by atoms with Crippen LogP contribution in [-0.2, 0) is 14.8 Å². The molecule has 8 heteroatoms. The van der Waals surface area contributed by atoms with Gasteiger partial charge in [-0.05, 0) is 36.4 Å². The number of pyridine rings is 1. The highest BCUT2D eigenvalue weighted by Gasteiger charge is 2.22. The lowest BCUT2D eigenvalue weighted by Crippen LogP contribution is -2.35. The molecule has 116 valence electrons. The molecule has 0 unspecified atom stereocenters. The molecule has 0 saturated carbocycles. The molecular formula is C14H14FN3O3S. The lowest BCUT2D eigenvalue weighted by molar-refractivity contribution is -0.116. The Labute approximate surface area is 127 Å². The maximum absolute atomic E-state index is 12.8. The Morgan fingerprint density at radius 1 is 1.27 bits per heavy atom. The highest BCUT2D eigenvalue weighted by molar-refractivity contribution is 7.89. The number of anilines is 1. The summed E-state index contributed by atoms with van der Waals surface area (Å²) in [6.07, 6.45) is 3.01. The van der Waals surface area contributed by atoms with E-state index in [1.807, 2.05) is 0 Å². The van der Waals surface area contributed by atoms with Crippen molar-refractivity contribution < 1.29 is 17.6 Å². The van der Waals surface area contributed by atoms with Gasteiger partial charge in [-0.25, -0.2) is 12.8 Å². The van der Waals surface area contributed by atoms with E-state index in [1.54, 1.807) is 18.3 Å². The fraction of sp³-hybridized carbons (Fsp3) is 0.143. The van der Waals surface area contributed by atoms with Crippen LogP contribution >= 0.6 is 0 Å². The van der Waals surface area contributed by atoms with Crippen LogP contribution in [0.15, 0.2) is 53.7 Å². The fourth-order valence-electron chi connectivity index (χ4n) is 1.71. The van der Waals surface area contributed by atoms with Crippen LogP contribution in [0.5, 0.6) is 0 Å². The van der Waals surface area contributed by atoms with Gasteiger partial charge < -0.3 is 5.32 Å². The van der Waals surface area contributed by atoms with Gasteiger partial charge in [0.1, 0.15) is 5.82 Å². The van der Waals surface area contributed by atoms with Crippen molar-refractivity contribution in [3.8, 4) is 0 Å². The number of hydrogen-bond acceptors (Lipinski definition) is 4. The van der Waals surface area contributed by atoms with Crippen molar-refractivity contribution in [2.75, 3.05) is 18.9 Å². The van der Waals surface area contributed by atoms with Crippen LogP contribution in [0, 0.1) is 5.82 Å². The molecule has 1 heterocycles. The lowest BCUT2D eigenvalue weighted by atomic mass is 10.4. The molecule has 0 saturated heterocycles. The van der Waals surface area contributed by atoms with E-state index in [9.17, 15) is 17.6 Å². The number of nitrogens with one attached hydrogen (secondary N) is 1. The number of benzene rings is 1. The van der Waals surface area contributed by atoms with Crippen molar-refractivity contribution in [3.63, 3.8) is 0 Å². The first-order valence-corrected chi connectivity index (χ1v) is 7.75. The molecule has 1 N–H and O–H groups in total. The number of likely N-dealkylation sites (N-methyl/N-ethyl adjacent to an activating group) is 1. The Morgan fingerprint density at radius 2 is 1.95 bits per heavy atom. The molecule has 2 aromatic rings. The van der Waals surface area contributed by atoms with Gasteiger partial charge in [-0.2, -0.15) is 4.31 Å². The second kappa shape index (κ2) is 6.63. The molecule has 6 nitrogen and oxygen atoms in total. The van der Waals surface area contributed by atoms with Gasteiger partial charge in [-0.3, -0.25) is 9.78 Å². The van der Waals surface area contributed by atoms with Gasteiger partial charge >= 0.3 is 0 Å². The first-order valence-electron chi connectivity index (χ1n) is 6.31. The number of carbonyl (C=O) groups excluding carboxylic acids is 1. The van der Waals surface area contributed by atoms with Crippen LogP contribution < -0.4 is 5.32 Å². The lowest BCUT2D eigenvalue weighted by Gasteiger charge is -2.16. The highest BCUT2D eigenvalue weighted by Crippen LogP contribution is 2.14. The molecule has 22 heavy (non-hydrogen) atoms. The Balaban J connectivity index is 2.06. The number of aromatic nitrogens is 1. The number of hydrogen-bond donors (Lipinski definition) is 1. The van der Waals surface area contributed by atoms with Crippen molar-refractivity contribution in [1.29, 1.82) is 0 Å². The summed E-state index contributed by atoms with van der Waals surface area (Å²) in [7, 11) is -2.57. The molecule has 0 aliphatic heterocycles. The van der Waals surface area contributed by atoms with Gasteiger partial charge in [-0.1, -0.05) is 0 Å². The normalized spacial score (nSPS) is 11.4. The SMILES string of the molecule is CN(CC(=O)Nc1cccnc1)S(=O)(=O)c1ccc(F)cc1. The van der Waals surface area contributed by atoms with E-state index in [4.69, 9.17) is 0 Å². The monoisotopic (exact) mass is 323 g/mol. The third kappa shape index (κ3) is 3.86. The van der Waals surface area contributed by atoms with Crippen LogP contribution in [0.1, 0.15) is 0 Å². The van der Waals surface area contributed by atoms with E-state index < -0.39 is 21.7 Å². The predicted molar refractivity (Wildman–Crippen MR) is 79.1 cm³/mol.